The Labute approximate surface area is 196 Å². The maximum absolute atomic E-state index is 12.5. The van der Waals surface area contributed by atoms with Crippen molar-refractivity contribution in [3.05, 3.63) is 58.9 Å². The van der Waals surface area contributed by atoms with E-state index >= 15 is 0 Å². The Hall–Kier alpha value is -2.91. The number of amides is 2. The van der Waals surface area contributed by atoms with Crippen LogP contribution >= 0.6 is 24.0 Å². The van der Waals surface area contributed by atoms with E-state index < -0.39 is 0 Å². The van der Waals surface area contributed by atoms with E-state index in [2.05, 4.69) is 5.32 Å². The molecule has 0 spiro atoms. The maximum atomic E-state index is 12.5. The first-order chi connectivity index (χ1) is 15.5. The van der Waals surface area contributed by atoms with Crippen LogP contribution in [-0.2, 0) is 14.3 Å². The minimum Gasteiger partial charge on any atom is -0.465 e. The number of thioether (sulfide) groups is 1. The van der Waals surface area contributed by atoms with Crippen LogP contribution in [0.2, 0.25) is 0 Å². The largest absolute Gasteiger partial charge is 0.465 e. The van der Waals surface area contributed by atoms with E-state index in [0.29, 0.717) is 45.8 Å². The molecule has 2 aromatic rings. The van der Waals surface area contributed by atoms with Crippen LogP contribution in [0.5, 0.6) is 0 Å². The van der Waals surface area contributed by atoms with Gasteiger partial charge in [-0.25, -0.2) is 4.79 Å². The Bertz CT molecular complexity index is 1000. The molecule has 7 nitrogen and oxygen atoms in total. The molecule has 9 heteroatoms. The van der Waals surface area contributed by atoms with Gasteiger partial charge in [-0.3, -0.25) is 14.5 Å². The van der Waals surface area contributed by atoms with Gasteiger partial charge >= 0.3 is 5.97 Å². The van der Waals surface area contributed by atoms with Crippen molar-refractivity contribution in [3.63, 3.8) is 0 Å². The highest BCUT2D eigenvalue weighted by Crippen LogP contribution is 2.32. The number of unbranched alkanes of at least 4 members (excludes halogenated alkanes) is 1. The summed E-state index contributed by atoms with van der Waals surface area (Å²) in [4.78, 5) is 38.7. The molecule has 1 aliphatic rings. The summed E-state index contributed by atoms with van der Waals surface area (Å²) in [5.74, 6) is -0.149. The number of ether oxygens (including phenoxy) is 1. The number of rotatable bonds is 10. The van der Waals surface area contributed by atoms with E-state index in [-0.39, 0.29) is 24.2 Å². The van der Waals surface area contributed by atoms with Gasteiger partial charge in [0.2, 0.25) is 5.91 Å². The molecule has 1 aliphatic heterocycles. The second kappa shape index (κ2) is 11.6. The van der Waals surface area contributed by atoms with Crippen molar-refractivity contribution in [1.82, 2.24) is 4.90 Å². The van der Waals surface area contributed by atoms with Crippen molar-refractivity contribution in [2.45, 2.75) is 32.6 Å². The van der Waals surface area contributed by atoms with Gasteiger partial charge in [0.05, 0.1) is 23.3 Å². The Kier molecular flexibility index (Phi) is 8.64. The predicted octanol–water partition coefficient (Wildman–Crippen LogP) is 4.86. The Morgan fingerprint density at radius 1 is 1.22 bits per heavy atom. The van der Waals surface area contributed by atoms with Crippen LogP contribution in [0, 0.1) is 0 Å². The number of nitrogens with one attached hydrogen (secondary N) is 1. The van der Waals surface area contributed by atoms with Gasteiger partial charge in [-0.1, -0.05) is 37.3 Å². The molecule has 0 radical (unpaired) electrons. The summed E-state index contributed by atoms with van der Waals surface area (Å²) in [6.45, 7) is 2.78. The summed E-state index contributed by atoms with van der Waals surface area (Å²) in [6, 6.07) is 10.1. The molecule has 2 amide bonds. The number of benzene rings is 1. The summed E-state index contributed by atoms with van der Waals surface area (Å²) in [6.07, 6.45) is 5.68. The first kappa shape index (κ1) is 23.7. The average Bonchev–Trinajstić information content (AvgIpc) is 3.38. The smallest absolute Gasteiger partial charge is 0.338 e. The van der Waals surface area contributed by atoms with Crippen LogP contribution in [0.15, 0.2) is 52.0 Å². The third-order valence-electron chi connectivity index (χ3n) is 4.61. The molecule has 1 aromatic carbocycles. The first-order valence-corrected chi connectivity index (χ1v) is 11.6. The lowest BCUT2D eigenvalue weighted by molar-refractivity contribution is -0.122. The number of thiocarbonyl (C=S) groups is 1. The number of furan rings is 1. The van der Waals surface area contributed by atoms with E-state index in [0.717, 1.165) is 12.8 Å². The summed E-state index contributed by atoms with van der Waals surface area (Å²) in [5, 5.41) is 2.79. The third kappa shape index (κ3) is 6.54. The van der Waals surface area contributed by atoms with Crippen LogP contribution in [0.3, 0.4) is 0 Å². The van der Waals surface area contributed by atoms with E-state index in [1.807, 2.05) is 6.92 Å². The number of esters is 1. The summed E-state index contributed by atoms with van der Waals surface area (Å²) in [5.41, 5.74) is 1.03. The maximum Gasteiger partial charge on any atom is 0.338 e. The highest BCUT2D eigenvalue weighted by Gasteiger charge is 2.31. The second-order valence-corrected chi connectivity index (χ2v) is 8.74. The second-order valence-electron chi connectivity index (χ2n) is 7.07. The lowest BCUT2D eigenvalue weighted by Gasteiger charge is -2.14. The summed E-state index contributed by atoms with van der Waals surface area (Å²) >= 11 is 6.52. The zero-order valence-corrected chi connectivity index (χ0v) is 19.3. The van der Waals surface area contributed by atoms with E-state index in [4.69, 9.17) is 21.4 Å². The minimum absolute atomic E-state index is 0.181. The van der Waals surface area contributed by atoms with Crippen molar-refractivity contribution < 1.29 is 23.5 Å². The number of carbonyl (C=O) groups excluding carboxylic acids is 3. The number of anilines is 1. The lowest BCUT2D eigenvalue weighted by Crippen LogP contribution is -2.29. The van der Waals surface area contributed by atoms with E-state index in [1.165, 1.54) is 22.9 Å². The quantitative estimate of drug-likeness (QED) is 0.229. The Balaban J connectivity index is 1.43. The van der Waals surface area contributed by atoms with Crippen molar-refractivity contribution in [1.29, 1.82) is 0 Å². The van der Waals surface area contributed by atoms with Crippen molar-refractivity contribution in [3.8, 4) is 0 Å². The fraction of sp³-hybridized carbons (Fsp3) is 0.304. The lowest BCUT2D eigenvalue weighted by atomic mass is 10.2. The molecular formula is C23H24N2O5S2. The van der Waals surface area contributed by atoms with Gasteiger partial charge in [0.25, 0.3) is 5.91 Å². The minimum atomic E-state index is -0.374. The van der Waals surface area contributed by atoms with Gasteiger partial charge in [0.15, 0.2) is 0 Å². The third-order valence-corrected chi connectivity index (χ3v) is 5.99. The fourth-order valence-electron chi connectivity index (χ4n) is 2.90. The molecule has 1 aromatic heterocycles. The van der Waals surface area contributed by atoms with Gasteiger partial charge in [-0.2, -0.15) is 0 Å². The van der Waals surface area contributed by atoms with Gasteiger partial charge < -0.3 is 14.5 Å². The standard InChI is InChI=1S/C23H24N2O5S2/c1-2-3-13-30-22(28)16-8-10-17(11-9-16)24-20(26)7-4-12-25-21(27)19(32-23(25)31)15-18-6-5-14-29-18/h5-6,8-11,14-15H,2-4,7,12-13H2,1H3,(H,24,26). The average molecular weight is 473 g/mol. The van der Waals surface area contributed by atoms with Crippen molar-refractivity contribution in [2.24, 2.45) is 0 Å². The van der Waals surface area contributed by atoms with Crippen LogP contribution in [-0.4, -0.2) is 40.2 Å². The van der Waals surface area contributed by atoms with Crippen LogP contribution in [0.4, 0.5) is 5.69 Å². The number of carbonyl (C=O) groups is 3. The summed E-state index contributed by atoms with van der Waals surface area (Å²) < 4.78 is 10.9. The SMILES string of the molecule is CCCCOC(=O)c1ccc(NC(=O)CCCN2C(=O)C(=Cc3ccco3)SC2=S)cc1. The fourth-order valence-corrected chi connectivity index (χ4v) is 4.19. The van der Waals surface area contributed by atoms with E-state index in [1.54, 1.807) is 42.5 Å². The molecule has 2 heterocycles. The molecule has 1 saturated heterocycles. The molecule has 0 aliphatic carbocycles. The van der Waals surface area contributed by atoms with Gasteiger partial charge in [-0.05, 0) is 49.2 Å². The molecule has 0 bridgehead atoms. The molecule has 32 heavy (non-hydrogen) atoms. The highest BCUT2D eigenvalue weighted by molar-refractivity contribution is 8.26. The predicted molar refractivity (Wildman–Crippen MR) is 128 cm³/mol. The summed E-state index contributed by atoms with van der Waals surface area (Å²) in [7, 11) is 0. The molecule has 0 atom stereocenters. The first-order valence-electron chi connectivity index (χ1n) is 10.3. The van der Waals surface area contributed by atoms with Crippen molar-refractivity contribution in [2.75, 3.05) is 18.5 Å². The number of hydrogen-bond donors (Lipinski definition) is 1. The van der Waals surface area contributed by atoms with Crippen LogP contribution in [0.1, 0.15) is 48.7 Å². The Morgan fingerprint density at radius 3 is 2.69 bits per heavy atom. The molecule has 1 N–H and O–H groups in total. The monoisotopic (exact) mass is 472 g/mol. The topological polar surface area (TPSA) is 88.9 Å². The van der Waals surface area contributed by atoms with Crippen LogP contribution in [0.25, 0.3) is 6.08 Å². The molecule has 168 valence electrons. The number of hydrogen-bond acceptors (Lipinski definition) is 7. The zero-order valence-electron chi connectivity index (χ0n) is 17.7. The molecule has 0 saturated carbocycles. The molecule has 1 fully saturated rings. The molecule has 3 rings (SSSR count). The van der Waals surface area contributed by atoms with E-state index in [9.17, 15) is 14.4 Å². The van der Waals surface area contributed by atoms with Crippen molar-refractivity contribution >= 4 is 57.8 Å². The zero-order chi connectivity index (χ0) is 22.9. The van der Waals surface area contributed by atoms with Gasteiger partial charge in [0.1, 0.15) is 10.1 Å². The normalized spacial score (nSPS) is 14.8. The van der Waals surface area contributed by atoms with Gasteiger partial charge in [0, 0.05) is 24.7 Å². The molecule has 0 unspecified atom stereocenters. The molecular weight excluding hydrogens is 448 g/mol. The van der Waals surface area contributed by atoms with Gasteiger partial charge in [-0.15, -0.1) is 0 Å². The highest BCUT2D eigenvalue weighted by atomic mass is 32.2. The van der Waals surface area contributed by atoms with Crippen LogP contribution < -0.4 is 5.32 Å². The Morgan fingerprint density at radius 2 is 2.00 bits per heavy atom. The number of nitrogens with zero attached hydrogens (tertiary/aromatic N) is 1.